The second kappa shape index (κ2) is 5.37. The summed E-state index contributed by atoms with van der Waals surface area (Å²) in [6.45, 7) is 0. The fraction of sp³-hybridized carbons (Fsp3) is 0. The van der Waals surface area contributed by atoms with Gasteiger partial charge in [0.05, 0.1) is 25.1 Å². The van der Waals surface area contributed by atoms with Crippen LogP contribution in [0, 0.1) is 10.1 Å². The Labute approximate surface area is 157 Å². The van der Waals surface area contributed by atoms with Gasteiger partial charge in [-0.15, -0.1) is 11.3 Å². The molecule has 0 saturated heterocycles. The first-order valence-electron chi connectivity index (χ1n) is 8.13. The number of fused-ring (bicyclic) bond motifs is 5. The average Bonchev–Trinajstić information content (AvgIpc) is 3.11. The molecule has 134 valence electrons. The van der Waals surface area contributed by atoms with Crippen molar-refractivity contribution in [2.24, 2.45) is 0 Å². The van der Waals surface area contributed by atoms with Crippen LogP contribution in [-0.4, -0.2) is 4.92 Å². The van der Waals surface area contributed by atoms with E-state index in [4.69, 9.17) is 0 Å². The molecule has 0 fully saturated rings. The minimum atomic E-state index is -0.782. The van der Waals surface area contributed by atoms with Crippen LogP contribution < -0.4 is 21.7 Å². The van der Waals surface area contributed by atoms with Crippen LogP contribution in [-0.2, 0) is 0 Å². The van der Waals surface area contributed by atoms with Gasteiger partial charge in [-0.2, -0.15) is 0 Å². The Hall–Kier alpha value is -3.78. The number of nitro benzene ring substituents is 1. The topological polar surface area (TPSA) is 111 Å². The quantitative estimate of drug-likeness (QED) is 0.322. The third kappa shape index (κ3) is 1.87. The highest BCUT2D eigenvalue weighted by Crippen LogP contribution is 2.30. The Bertz CT molecular complexity index is 1720. The summed E-state index contributed by atoms with van der Waals surface area (Å²) in [5.41, 5.74) is -2.86. The zero-order valence-electron chi connectivity index (χ0n) is 13.8. The summed E-state index contributed by atoms with van der Waals surface area (Å²) in [6.07, 6.45) is 0. The smallest absolute Gasteiger partial charge is 0.281 e. The number of thiophene rings is 1. The van der Waals surface area contributed by atoms with Crippen LogP contribution in [0.3, 0.4) is 0 Å². The summed E-state index contributed by atoms with van der Waals surface area (Å²) >= 11 is 0.792. The molecule has 5 rings (SSSR count). The Morgan fingerprint density at radius 1 is 0.643 bits per heavy atom. The van der Waals surface area contributed by atoms with Gasteiger partial charge in [0.25, 0.3) is 5.69 Å². The lowest BCUT2D eigenvalue weighted by atomic mass is 10.0. The molecule has 0 aliphatic heterocycles. The Morgan fingerprint density at radius 3 is 1.82 bits per heavy atom. The van der Waals surface area contributed by atoms with E-state index in [1.54, 1.807) is 12.1 Å². The van der Waals surface area contributed by atoms with E-state index in [1.165, 1.54) is 24.3 Å². The van der Waals surface area contributed by atoms with Gasteiger partial charge in [0, 0.05) is 22.2 Å². The van der Waals surface area contributed by atoms with E-state index < -0.39 is 32.3 Å². The van der Waals surface area contributed by atoms with Crippen molar-refractivity contribution in [3.05, 3.63) is 93.5 Å². The Kier molecular flexibility index (Phi) is 3.14. The molecule has 1 heterocycles. The maximum atomic E-state index is 13.2. The lowest BCUT2D eigenvalue weighted by Crippen LogP contribution is -2.15. The summed E-state index contributed by atoms with van der Waals surface area (Å²) in [4.78, 5) is 62.6. The van der Waals surface area contributed by atoms with Crippen LogP contribution in [0.1, 0.15) is 0 Å². The molecule has 0 bridgehead atoms. The van der Waals surface area contributed by atoms with Crippen LogP contribution >= 0.6 is 11.3 Å². The molecule has 0 unspecified atom stereocenters. The van der Waals surface area contributed by atoms with Gasteiger partial charge in [-0.25, -0.2) is 0 Å². The van der Waals surface area contributed by atoms with Gasteiger partial charge in [-0.05, 0) is 6.07 Å². The third-order valence-electron chi connectivity index (χ3n) is 4.90. The molecular formula is C20H7NO6S. The van der Waals surface area contributed by atoms with Crippen molar-refractivity contribution in [3.8, 4) is 0 Å². The lowest BCUT2D eigenvalue weighted by molar-refractivity contribution is -0.383. The van der Waals surface area contributed by atoms with Gasteiger partial charge in [-0.1, -0.05) is 30.3 Å². The number of hydrogen-bond acceptors (Lipinski definition) is 7. The van der Waals surface area contributed by atoms with Crippen molar-refractivity contribution < 1.29 is 4.92 Å². The number of non-ortho nitro benzene ring substituents is 1. The molecule has 0 aliphatic rings. The molecule has 5 aromatic rings. The first-order valence-corrected chi connectivity index (χ1v) is 8.95. The van der Waals surface area contributed by atoms with Gasteiger partial charge in [0.2, 0.25) is 16.3 Å². The Balaban J connectivity index is 2.22. The SMILES string of the molecule is O=c1c2ccccc2c(=O)c2c1sc1c(=O)c3cccc([N+](=O)[O-])c3c(=O)c12. The molecular weight excluding hydrogens is 382 g/mol. The number of benzene rings is 4. The van der Waals surface area contributed by atoms with Gasteiger partial charge >= 0.3 is 0 Å². The highest BCUT2D eigenvalue weighted by Gasteiger charge is 2.25. The van der Waals surface area contributed by atoms with Crippen molar-refractivity contribution in [1.29, 1.82) is 0 Å². The summed E-state index contributed by atoms with van der Waals surface area (Å²) in [5.74, 6) is 0. The summed E-state index contributed by atoms with van der Waals surface area (Å²) < 4.78 is -0.0108. The molecule has 0 atom stereocenters. The van der Waals surface area contributed by atoms with Gasteiger partial charge < -0.3 is 0 Å². The molecule has 7 nitrogen and oxygen atoms in total. The van der Waals surface area contributed by atoms with E-state index in [0.717, 1.165) is 17.4 Å². The largest absolute Gasteiger partial charge is 0.289 e. The molecule has 28 heavy (non-hydrogen) atoms. The zero-order chi connectivity index (χ0) is 19.7. The molecule has 0 spiro atoms. The van der Waals surface area contributed by atoms with Crippen molar-refractivity contribution in [1.82, 2.24) is 0 Å². The second-order valence-corrected chi connectivity index (χ2v) is 7.35. The Morgan fingerprint density at radius 2 is 1.18 bits per heavy atom. The average molecular weight is 389 g/mol. The van der Waals surface area contributed by atoms with Gasteiger partial charge in [-0.3, -0.25) is 29.3 Å². The minimum absolute atomic E-state index is 0.0193. The van der Waals surface area contributed by atoms with Crippen LogP contribution in [0.15, 0.2) is 61.6 Å². The van der Waals surface area contributed by atoms with Gasteiger partial charge in [0.1, 0.15) is 5.39 Å². The summed E-state index contributed by atoms with van der Waals surface area (Å²) in [7, 11) is 0. The van der Waals surface area contributed by atoms with Crippen molar-refractivity contribution in [2.75, 3.05) is 0 Å². The maximum absolute atomic E-state index is 13.2. The van der Waals surface area contributed by atoms with E-state index in [2.05, 4.69) is 0 Å². The van der Waals surface area contributed by atoms with Crippen LogP contribution in [0.4, 0.5) is 5.69 Å². The predicted molar refractivity (Wildman–Crippen MR) is 108 cm³/mol. The van der Waals surface area contributed by atoms with Crippen molar-refractivity contribution in [2.45, 2.75) is 0 Å². The maximum Gasteiger partial charge on any atom is 0.281 e. The van der Waals surface area contributed by atoms with E-state index in [1.807, 2.05) is 0 Å². The molecule has 8 heteroatoms. The normalized spacial score (nSPS) is 11.7. The molecule has 0 amide bonds. The highest BCUT2D eigenvalue weighted by molar-refractivity contribution is 7.25. The molecule has 0 N–H and O–H groups in total. The standard InChI is InChI=1S/C20H7NO6S/c22-15-8-4-1-2-5-9(8)16(23)19-13(15)14-18(25)12-10(17(24)20(14)28-19)6-3-7-11(12)21(26)27/h1-7H. The first-order chi connectivity index (χ1) is 13.4. The summed E-state index contributed by atoms with van der Waals surface area (Å²) in [6, 6.07) is 10.0. The number of nitro groups is 1. The molecule has 0 radical (unpaired) electrons. The zero-order valence-corrected chi connectivity index (χ0v) is 14.7. The van der Waals surface area contributed by atoms with Crippen LogP contribution in [0.5, 0.6) is 0 Å². The van der Waals surface area contributed by atoms with E-state index in [-0.39, 0.29) is 41.7 Å². The second-order valence-electron chi connectivity index (χ2n) is 6.33. The highest BCUT2D eigenvalue weighted by atomic mass is 32.1. The summed E-state index contributed by atoms with van der Waals surface area (Å²) in [5, 5.41) is 10.9. The van der Waals surface area contributed by atoms with E-state index in [0.29, 0.717) is 0 Å². The fourth-order valence-electron chi connectivity index (χ4n) is 3.69. The van der Waals surface area contributed by atoms with Gasteiger partial charge in [0.15, 0.2) is 5.43 Å². The molecule has 4 aromatic carbocycles. The number of nitrogens with zero attached hydrogens (tertiary/aromatic N) is 1. The first kappa shape index (κ1) is 16.4. The van der Waals surface area contributed by atoms with E-state index in [9.17, 15) is 29.3 Å². The van der Waals surface area contributed by atoms with E-state index >= 15 is 0 Å². The number of hydrogen-bond donors (Lipinski definition) is 0. The predicted octanol–water partition coefficient (Wildman–Crippen LogP) is 2.59. The minimum Gasteiger partial charge on any atom is -0.289 e. The van der Waals surface area contributed by atoms with Crippen LogP contribution in [0.25, 0.3) is 41.7 Å². The lowest BCUT2D eigenvalue weighted by Gasteiger charge is -1.99. The third-order valence-corrected chi connectivity index (χ3v) is 6.09. The van der Waals surface area contributed by atoms with Crippen molar-refractivity contribution >= 4 is 58.7 Å². The molecule has 1 aromatic heterocycles. The molecule has 0 saturated carbocycles. The number of rotatable bonds is 1. The van der Waals surface area contributed by atoms with Crippen molar-refractivity contribution in [3.63, 3.8) is 0 Å². The monoisotopic (exact) mass is 389 g/mol. The fourth-order valence-corrected chi connectivity index (χ4v) is 4.89. The molecule has 0 aliphatic carbocycles. The van der Waals surface area contributed by atoms with Crippen LogP contribution in [0.2, 0.25) is 0 Å².